The van der Waals surface area contributed by atoms with Crippen LogP contribution in [0.5, 0.6) is 0 Å². The second kappa shape index (κ2) is 8.40. The number of likely N-dealkylation sites (tertiary alicyclic amines) is 1. The lowest BCUT2D eigenvalue weighted by atomic mass is 9.92. The average Bonchev–Trinajstić information content (AvgIpc) is 2.92. The Bertz CT molecular complexity index is 643. The Kier molecular flexibility index (Phi) is 6.69. The largest absolute Gasteiger partial charge is 0.339 e. The van der Waals surface area contributed by atoms with E-state index >= 15 is 0 Å². The molecule has 0 saturated carbocycles. The van der Waals surface area contributed by atoms with Crippen molar-refractivity contribution in [2.75, 3.05) is 31.5 Å². The van der Waals surface area contributed by atoms with Crippen LogP contribution in [0.2, 0.25) is 0 Å². The number of fused-ring (bicyclic) bond motifs is 1. The molecule has 0 spiro atoms. The van der Waals surface area contributed by atoms with E-state index in [0.29, 0.717) is 23.1 Å². The van der Waals surface area contributed by atoms with Crippen LogP contribution in [0.15, 0.2) is 24.3 Å². The third-order valence-electron chi connectivity index (χ3n) is 5.39. The molecule has 0 bridgehead atoms. The first-order valence-electron chi connectivity index (χ1n) is 9.27. The molecule has 5 nitrogen and oxygen atoms in total. The zero-order chi connectivity index (χ0) is 18.0. The number of nitrogens with zero attached hydrogens (tertiary/aromatic N) is 1. The summed E-state index contributed by atoms with van der Waals surface area (Å²) in [6.45, 7) is 9.35. The summed E-state index contributed by atoms with van der Waals surface area (Å²) < 4.78 is 0. The third-order valence-corrected chi connectivity index (χ3v) is 5.39. The topological polar surface area (TPSA) is 61.4 Å². The first-order chi connectivity index (χ1) is 11.9. The Morgan fingerprint density at radius 1 is 1.08 bits per heavy atom. The number of benzene rings is 1. The number of amides is 2. The molecule has 0 aromatic heterocycles. The molecule has 2 fully saturated rings. The summed E-state index contributed by atoms with van der Waals surface area (Å²) in [6.07, 6.45) is 2.11. The highest BCUT2D eigenvalue weighted by Gasteiger charge is 2.32. The minimum Gasteiger partial charge on any atom is -0.339 e. The number of halogens is 1. The van der Waals surface area contributed by atoms with Gasteiger partial charge < -0.3 is 15.5 Å². The molecule has 1 aromatic rings. The molecule has 3 rings (SSSR count). The van der Waals surface area contributed by atoms with Crippen molar-refractivity contribution in [1.29, 1.82) is 0 Å². The number of para-hydroxylation sites is 1. The summed E-state index contributed by atoms with van der Waals surface area (Å²) in [7, 11) is 0. The summed E-state index contributed by atoms with van der Waals surface area (Å²) >= 11 is 0. The van der Waals surface area contributed by atoms with E-state index in [0.717, 1.165) is 39.0 Å². The smallest absolute Gasteiger partial charge is 0.255 e. The van der Waals surface area contributed by atoms with Gasteiger partial charge in [0.1, 0.15) is 0 Å². The molecule has 0 aliphatic carbocycles. The van der Waals surface area contributed by atoms with Crippen molar-refractivity contribution in [2.24, 2.45) is 17.3 Å². The molecule has 6 heteroatoms. The van der Waals surface area contributed by atoms with Crippen LogP contribution in [0, 0.1) is 17.3 Å². The van der Waals surface area contributed by atoms with Gasteiger partial charge in [-0.2, -0.15) is 0 Å². The van der Waals surface area contributed by atoms with Gasteiger partial charge in [0.15, 0.2) is 0 Å². The predicted octanol–water partition coefficient (Wildman–Crippen LogP) is 3.16. The van der Waals surface area contributed by atoms with Crippen LogP contribution in [-0.4, -0.2) is 42.9 Å². The van der Waals surface area contributed by atoms with Crippen molar-refractivity contribution in [3.8, 4) is 0 Å². The van der Waals surface area contributed by atoms with Gasteiger partial charge in [-0.3, -0.25) is 9.59 Å². The van der Waals surface area contributed by atoms with Crippen LogP contribution in [0.1, 0.15) is 44.0 Å². The van der Waals surface area contributed by atoms with Gasteiger partial charge in [0.05, 0.1) is 11.3 Å². The fraction of sp³-hybridized carbons (Fsp3) is 0.600. The molecule has 26 heavy (non-hydrogen) atoms. The number of hydrogen-bond acceptors (Lipinski definition) is 3. The Morgan fingerprint density at radius 3 is 2.23 bits per heavy atom. The lowest BCUT2D eigenvalue weighted by Crippen LogP contribution is -2.34. The first-order valence-corrected chi connectivity index (χ1v) is 9.27. The zero-order valence-electron chi connectivity index (χ0n) is 15.9. The minimum absolute atomic E-state index is 0. The maximum Gasteiger partial charge on any atom is 0.255 e. The van der Waals surface area contributed by atoms with Gasteiger partial charge in [0.25, 0.3) is 5.91 Å². The fourth-order valence-corrected chi connectivity index (χ4v) is 3.68. The molecule has 2 saturated heterocycles. The van der Waals surface area contributed by atoms with Crippen molar-refractivity contribution < 1.29 is 9.59 Å². The number of anilines is 1. The minimum atomic E-state index is -0.497. The van der Waals surface area contributed by atoms with Crippen molar-refractivity contribution >= 4 is 29.9 Å². The van der Waals surface area contributed by atoms with Crippen LogP contribution in [-0.2, 0) is 4.79 Å². The van der Waals surface area contributed by atoms with E-state index in [1.807, 2.05) is 49.9 Å². The molecule has 0 radical (unpaired) electrons. The van der Waals surface area contributed by atoms with Gasteiger partial charge >= 0.3 is 0 Å². The van der Waals surface area contributed by atoms with Gasteiger partial charge in [0.2, 0.25) is 5.91 Å². The maximum atomic E-state index is 13.1. The van der Waals surface area contributed by atoms with Gasteiger partial charge in [-0.1, -0.05) is 32.9 Å². The van der Waals surface area contributed by atoms with Crippen LogP contribution in [0.3, 0.4) is 0 Å². The SMILES string of the molecule is CC(C)(C)C(=O)Nc1ccccc1C(=O)N1CC[C@@H]2CNC[C@@H]2CC1.Cl. The third kappa shape index (κ3) is 4.57. The number of rotatable bonds is 2. The van der Waals surface area contributed by atoms with E-state index in [4.69, 9.17) is 0 Å². The first kappa shape index (κ1) is 20.7. The molecule has 2 heterocycles. The van der Waals surface area contributed by atoms with E-state index < -0.39 is 5.41 Å². The monoisotopic (exact) mass is 379 g/mol. The second-order valence-electron chi connectivity index (χ2n) is 8.30. The number of carbonyl (C=O) groups excluding carboxylic acids is 2. The average molecular weight is 380 g/mol. The molecule has 2 atom stereocenters. The van der Waals surface area contributed by atoms with Crippen molar-refractivity contribution in [3.05, 3.63) is 29.8 Å². The van der Waals surface area contributed by atoms with Gasteiger partial charge in [-0.25, -0.2) is 0 Å². The molecule has 1 aromatic carbocycles. The molecule has 2 aliphatic rings. The highest BCUT2D eigenvalue weighted by Crippen LogP contribution is 2.29. The van der Waals surface area contributed by atoms with Gasteiger partial charge in [-0.15, -0.1) is 12.4 Å². The molecule has 144 valence electrons. The molecule has 2 N–H and O–H groups in total. The van der Waals surface area contributed by atoms with Crippen molar-refractivity contribution in [3.63, 3.8) is 0 Å². The molecular weight excluding hydrogens is 350 g/mol. The van der Waals surface area contributed by atoms with E-state index in [-0.39, 0.29) is 24.2 Å². The standard InChI is InChI=1S/C20H29N3O2.ClH/c1-20(2,3)19(25)22-17-7-5-4-6-16(17)18(24)23-10-8-14-12-21-13-15(14)9-11-23;/h4-7,14-15,21H,8-13H2,1-3H3,(H,22,25);1H/t14-,15+;. The predicted molar refractivity (Wildman–Crippen MR) is 107 cm³/mol. The number of hydrogen-bond donors (Lipinski definition) is 2. The highest BCUT2D eigenvalue weighted by atomic mass is 35.5. The highest BCUT2D eigenvalue weighted by molar-refractivity contribution is 6.04. The van der Waals surface area contributed by atoms with E-state index in [1.165, 1.54) is 0 Å². The quantitative estimate of drug-likeness (QED) is 0.829. The van der Waals surface area contributed by atoms with Crippen molar-refractivity contribution in [2.45, 2.75) is 33.6 Å². The summed E-state index contributed by atoms with van der Waals surface area (Å²) in [5.41, 5.74) is 0.701. The van der Waals surface area contributed by atoms with E-state index in [2.05, 4.69) is 10.6 Å². The van der Waals surface area contributed by atoms with E-state index in [1.54, 1.807) is 0 Å². The summed E-state index contributed by atoms with van der Waals surface area (Å²) in [5, 5.41) is 6.39. The molecular formula is C20H30ClN3O2. The molecule has 0 unspecified atom stereocenters. The summed E-state index contributed by atoms with van der Waals surface area (Å²) in [4.78, 5) is 27.4. The summed E-state index contributed by atoms with van der Waals surface area (Å²) in [5.74, 6) is 1.32. The van der Waals surface area contributed by atoms with Crippen molar-refractivity contribution in [1.82, 2.24) is 10.2 Å². The Hall–Kier alpha value is -1.59. The molecule has 2 aliphatic heterocycles. The van der Waals surface area contributed by atoms with Gasteiger partial charge in [0, 0.05) is 18.5 Å². The Morgan fingerprint density at radius 2 is 1.65 bits per heavy atom. The van der Waals surface area contributed by atoms with Crippen LogP contribution in [0.4, 0.5) is 5.69 Å². The normalized spacial score (nSPS) is 22.8. The van der Waals surface area contributed by atoms with Crippen LogP contribution >= 0.6 is 12.4 Å². The van der Waals surface area contributed by atoms with Gasteiger partial charge in [-0.05, 0) is 49.9 Å². The van der Waals surface area contributed by atoms with Crippen LogP contribution in [0.25, 0.3) is 0 Å². The number of carbonyl (C=O) groups is 2. The molecule has 2 amide bonds. The second-order valence-corrected chi connectivity index (χ2v) is 8.30. The van der Waals surface area contributed by atoms with Crippen LogP contribution < -0.4 is 10.6 Å². The Balaban J connectivity index is 0.00000243. The summed E-state index contributed by atoms with van der Waals surface area (Å²) in [6, 6.07) is 7.34. The zero-order valence-corrected chi connectivity index (χ0v) is 16.7. The number of nitrogens with one attached hydrogen (secondary N) is 2. The fourth-order valence-electron chi connectivity index (χ4n) is 3.68. The van der Waals surface area contributed by atoms with E-state index in [9.17, 15) is 9.59 Å². The maximum absolute atomic E-state index is 13.1. The lowest BCUT2D eigenvalue weighted by molar-refractivity contribution is -0.123. The Labute approximate surface area is 162 Å². The lowest BCUT2D eigenvalue weighted by Gasteiger charge is -2.24.